The van der Waals surface area contributed by atoms with E-state index in [9.17, 15) is 0 Å². The molecular weight excluding hydrogens is 555 g/mol. The van der Waals surface area contributed by atoms with E-state index in [1.807, 2.05) is 0 Å². The summed E-state index contributed by atoms with van der Waals surface area (Å²) < 4.78 is 1.54. The third-order valence-electron chi connectivity index (χ3n) is 8.30. The summed E-state index contributed by atoms with van der Waals surface area (Å²) in [5.74, 6) is 0. The number of benzene rings is 3. The van der Waals surface area contributed by atoms with Crippen molar-refractivity contribution in [1.82, 2.24) is 0 Å². The van der Waals surface area contributed by atoms with Gasteiger partial charge in [-0.2, -0.15) is 0 Å². The van der Waals surface area contributed by atoms with Gasteiger partial charge in [-0.25, -0.2) is 0 Å². The summed E-state index contributed by atoms with van der Waals surface area (Å²) in [6.07, 6.45) is 0. The Morgan fingerprint density at radius 2 is 1.06 bits per heavy atom. The molecule has 0 fully saturated rings. The molecule has 0 aliphatic heterocycles. The first-order valence-electron chi connectivity index (χ1n) is 11.9. The van der Waals surface area contributed by atoms with E-state index in [0.717, 1.165) is 0 Å². The molecule has 3 aromatic carbocycles. The van der Waals surface area contributed by atoms with Crippen molar-refractivity contribution in [1.29, 1.82) is 0 Å². The van der Waals surface area contributed by atoms with Crippen LogP contribution in [0.3, 0.4) is 0 Å². The SMILES string of the molecule is CC1=C(C)C(C)([Si](c2ccccc2)(c2cc(C)ccc2C)c2cc(C)ccc2C)[C]([Ti+3])=C1C.[Cl-].[Cl-].[Cl-]. The summed E-state index contributed by atoms with van der Waals surface area (Å²) in [5.41, 5.74) is 9.97. The Balaban J connectivity index is 0.00000216. The van der Waals surface area contributed by atoms with Crippen LogP contribution in [0.1, 0.15) is 49.9 Å². The molecule has 1 unspecified atom stereocenters. The number of halogens is 3. The van der Waals surface area contributed by atoms with Crippen LogP contribution in [0.4, 0.5) is 0 Å². The zero-order valence-corrected chi connectivity index (χ0v) is 27.3. The zero-order chi connectivity index (χ0) is 24.1. The van der Waals surface area contributed by atoms with Crippen molar-refractivity contribution in [2.24, 2.45) is 0 Å². The van der Waals surface area contributed by atoms with Crippen LogP contribution in [0.25, 0.3) is 0 Å². The van der Waals surface area contributed by atoms with Gasteiger partial charge in [-0.05, 0) is 0 Å². The average Bonchev–Trinajstić information content (AvgIpc) is 2.95. The fraction of sp³-hybridized carbons (Fsp3) is 0.290. The van der Waals surface area contributed by atoms with Gasteiger partial charge in [0.05, 0.1) is 0 Å². The van der Waals surface area contributed by atoms with Crippen molar-refractivity contribution < 1.29 is 57.7 Å². The second kappa shape index (κ2) is 12.2. The molecule has 0 saturated carbocycles. The molecule has 1 atom stereocenters. The van der Waals surface area contributed by atoms with E-state index >= 15 is 0 Å². The molecule has 1 aliphatic rings. The molecule has 0 N–H and O–H groups in total. The summed E-state index contributed by atoms with van der Waals surface area (Å²) in [7, 11) is -2.59. The van der Waals surface area contributed by atoms with Crippen molar-refractivity contribution >= 4 is 23.6 Å². The van der Waals surface area contributed by atoms with Crippen molar-refractivity contribution in [2.75, 3.05) is 0 Å². The van der Waals surface area contributed by atoms with Crippen molar-refractivity contribution in [3.05, 3.63) is 110 Å². The maximum Gasteiger partial charge on any atom is -1.00 e. The van der Waals surface area contributed by atoms with E-state index in [2.05, 4.69) is 143 Å². The van der Waals surface area contributed by atoms with E-state index < -0.39 is 8.07 Å². The first-order chi connectivity index (χ1) is 15.6. The maximum atomic E-state index is 2.56. The summed E-state index contributed by atoms with van der Waals surface area (Å²) in [6.45, 7) is 18.7. The van der Waals surface area contributed by atoms with E-state index in [1.54, 1.807) is 10.4 Å². The van der Waals surface area contributed by atoms with Crippen molar-refractivity contribution in [3.8, 4) is 0 Å². The van der Waals surface area contributed by atoms with Gasteiger partial charge in [0.15, 0.2) is 0 Å². The molecule has 3 aromatic rings. The summed E-state index contributed by atoms with van der Waals surface area (Å²) in [4.78, 5) is 0. The maximum absolute atomic E-state index is 2.59. The van der Waals surface area contributed by atoms with Crippen LogP contribution in [-0.4, -0.2) is 8.07 Å². The van der Waals surface area contributed by atoms with Gasteiger partial charge in [0.2, 0.25) is 0 Å². The first-order valence-corrected chi connectivity index (χ1v) is 14.7. The Bertz CT molecular complexity index is 1230. The molecule has 5 heteroatoms. The monoisotopic (exact) mass is 588 g/mol. The quantitative estimate of drug-likeness (QED) is 0.230. The van der Waals surface area contributed by atoms with Crippen LogP contribution in [-0.2, 0) is 20.4 Å². The Hall–Kier alpha value is -1.06. The van der Waals surface area contributed by atoms with Crippen LogP contribution in [0.15, 0.2) is 87.3 Å². The minimum atomic E-state index is -2.59. The van der Waals surface area contributed by atoms with E-state index in [1.165, 1.54) is 48.0 Å². The minimum absolute atomic E-state index is 0. The Labute approximate surface area is 249 Å². The molecule has 0 amide bonds. The largest absolute Gasteiger partial charge is 1.00 e. The first kappa shape index (κ1) is 33.0. The average molecular weight is 590 g/mol. The van der Waals surface area contributed by atoms with E-state index in [-0.39, 0.29) is 42.3 Å². The molecule has 0 nitrogen and oxygen atoms in total. The second-order valence-corrected chi connectivity index (χ2v) is 15.1. The molecule has 1 aliphatic carbocycles. The molecule has 0 saturated heterocycles. The Morgan fingerprint density at radius 1 is 0.611 bits per heavy atom. The van der Waals surface area contributed by atoms with Gasteiger partial charge in [-0.1, -0.05) is 0 Å². The Kier molecular flexibility index (Phi) is 11.2. The molecule has 4 rings (SSSR count). The summed E-state index contributed by atoms with van der Waals surface area (Å²) in [5, 5.41) is 4.54. The Morgan fingerprint density at radius 3 is 1.44 bits per heavy atom. The number of hydrogen-bond donors (Lipinski definition) is 0. The topological polar surface area (TPSA) is 0 Å². The van der Waals surface area contributed by atoms with Gasteiger partial charge in [0, 0.05) is 0 Å². The molecule has 36 heavy (non-hydrogen) atoms. The number of hydrogen-bond acceptors (Lipinski definition) is 0. The summed E-state index contributed by atoms with van der Waals surface area (Å²) >= 11 is 2.40. The predicted octanol–water partition coefficient (Wildman–Crippen LogP) is -2.67. The third kappa shape index (κ3) is 4.77. The van der Waals surface area contributed by atoms with Crippen LogP contribution in [0, 0.1) is 27.7 Å². The number of allylic oxidation sites excluding steroid dienone is 4. The van der Waals surface area contributed by atoms with Crippen molar-refractivity contribution in [3.63, 3.8) is 0 Å². The molecule has 188 valence electrons. The van der Waals surface area contributed by atoms with Gasteiger partial charge in [0.1, 0.15) is 0 Å². The second-order valence-electron chi connectivity index (χ2n) is 10.1. The normalized spacial score (nSPS) is 17.4. The summed E-state index contributed by atoms with van der Waals surface area (Å²) in [6, 6.07) is 25.7. The van der Waals surface area contributed by atoms with Gasteiger partial charge < -0.3 is 37.2 Å². The molecular formula is C31H35Cl3SiTi. The standard InChI is InChI=1S/C31H35Si.3ClH.Ti/c1-21-14-16-23(3)29(18-21)32(28-12-10-9-11-13-28,30-19-22(2)15-17-24(30)4)31(8)20-25(5)26(6)27(31)7;;;;/h9-19H,1-8H3;3*1H;/q;;;;+3/p-3. The fourth-order valence-electron chi connectivity index (χ4n) is 6.13. The van der Waals surface area contributed by atoms with Crippen molar-refractivity contribution in [2.45, 2.75) is 60.4 Å². The minimum Gasteiger partial charge on any atom is -1.00 e. The van der Waals surface area contributed by atoms with Gasteiger partial charge >= 0.3 is 214 Å². The number of rotatable bonds is 4. The third-order valence-corrected chi connectivity index (χ3v) is 16.1. The zero-order valence-electron chi connectivity index (χ0n) is 22.5. The van der Waals surface area contributed by atoms with Crippen LogP contribution in [0.5, 0.6) is 0 Å². The van der Waals surface area contributed by atoms with Crippen LogP contribution >= 0.6 is 0 Å². The van der Waals surface area contributed by atoms with Gasteiger partial charge in [-0.3, -0.25) is 0 Å². The van der Waals surface area contributed by atoms with Crippen LogP contribution in [0.2, 0.25) is 5.04 Å². The molecule has 0 spiro atoms. The van der Waals surface area contributed by atoms with Gasteiger partial charge in [0.25, 0.3) is 0 Å². The molecule has 0 heterocycles. The van der Waals surface area contributed by atoms with E-state index in [0.29, 0.717) is 0 Å². The smallest absolute Gasteiger partial charge is 1.00 e. The number of aryl methyl sites for hydroxylation is 4. The predicted molar refractivity (Wildman–Crippen MR) is 142 cm³/mol. The van der Waals surface area contributed by atoms with Gasteiger partial charge in [-0.15, -0.1) is 0 Å². The molecule has 0 aromatic heterocycles. The molecule has 0 bridgehead atoms. The van der Waals surface area contributed by atoms with E-state index in [4.69, 9.17) is 0 Å². The fourth-order valence-corrected chi connectivity index (χ4v) is 14.4. The van der Waals surface area contributed by atoms with Crippen LogP contribution < -0.4 is 52.8 Å². The molecule has 0 radical (unpaired) electrons.